The van der Waals surface area contributed by atoms with Crippen molar-refractivity contribution in [2.45, 2.75) is 57.7 Å². The first-order valence-corrected chi connectivity index (χ1v) is 7.99. The summed E-state index contributed by atoms with van der Waals surface area (Å²) in [6.07, 6.45) is 3.20. The number of carbonyl (C=O) groups excluding carboxylic acids is 1. The third-order valence-electron chi connectivity index (χ3n) is 3.67. The molecule has 2 heterocycles. The van der Waals surface area contributed by atoms with Crippen LogP contribution in [0, 0.1) is 0 Å². The van der Waals surface area contributed by atoms with Crippen molar-refractivity contribution in [3.63, 3.8) is 0 Å². The van der Waals surface area contributed by atoms with Crippen molar-refractivity contribution < 1.29 is 9.53 Å². The van der Waals surface area contributed by atoms with E-state index in [9.17, 15) is 4.79 Å². The second-order valence-corrected chi connectivity index (χ2v) is 6.02. The highest BCUT2D eigenvalue weighted by atomic mass is 32.1. The van der Waals surface area contributed by atoms with E-state index < -0.39 is 6.10 Å². The Morgan fingerprint density at radius 1 is 1.45 bits per heavy atom. The minimum atomic E-state index is -0.413. The number of nitrogens with zero attached hydrogens (tertiary/aromatic N) is 2. The quantitative estimate of drug-likeness (QED) is 0.837. The Morgan fingerprint density at radius 3 is 2.80 bits per heavy atom. The van der Waals surface area contributed by atoms with E-state index in [1.807, 2.05) is 0 Å². The van der Waals surface area contributed by atoms with Gasteiger partial charge in [0.25, 0.3) is 5.91 Å². The van der Waals surface area contributed by atoms with Crippen LogP contribution in [-0.4, -0.2) is 34.9 Å². The summed E-state index contributed by atoms with van der Waals surface area (Å²) >= 11 is 1.45. The maximum atomic E-state index is 12.1. The van der Waals surface area contributed by atoms with Crippen LogP contribution in [0.5, 0.6) is 0 Å². The van der Waals surface area contributed by atoms with Crippen LogP contribution >= 0.6 is 11.3 Å². The third kappa shape index (κ3) is 3.53. The van der Waals surface area contributed by atoms with Gasteiger partial charge in [-0.3, -0.25) is 10.1 Å². The molecule has 0 aromatic carbocycles. The molecule has 0 unspecified atom stereocenters. The van der Waals surface area contributed by atoms with Crippen molar-refractivity contribution >= 4 is 22.4 Å². The zero-order valence-electron chi connectivity index (χ0n) is 12.0. The Labute approximate surface area is 123 Å². The number of rotatable bonds is 6. The molecule has 1 fully saturated rings. The molecular formula is C13H22N4O2S. The van der Waals surface area contributed by atoms with Gasteiger partial charge in [0.05, 0.1) is 6.10 Å². The lowest BCUT2D eigenvalue weighted by atomic mass is 10.1. The lowest BCUT2D eigenvalue weighted by Crippen LogP contribution is -2.29. The van der Waals surface area contributed by atoms with Crippen LogP contribution in [-0.2, 0) is 9.53 Å². The Balaban J connectivity index is 1.92. The summed E-state index contributed by atoms with van der Waals surface area (Å²) in [6.45, 7) is 4.72. The number of hydrogen-bond donors (Lipinski definition) is 2. The van der Waals surface area contributed by atoms with Gasteiger partial charge < -0.3 is 10.5 Å². The van der Waals surface area contributed by atoms with Gasteiger partial charge in [0, 0.05) is 12.5 Å². The van der Waals surface area contributed by atoms with Crippen molar-refractivity contribution in [3.05, 3.63) is 5.01 Å². The van der Waals surface area contributed by atoms with Crippen LogP contribution in [0.15, 0.2) is 0 Å². The van der Waals surface area contributed by atoms with Gasteiger partial charge in [-0.2, -0.15) is 0 Å². The number of ether oxygens (including phenoxy) is 1. The van der Waals surface area contributed by atoms with Crippen LogP contribution in [0.2, 0.25) is 0 Å². The average molecular weight is 298 g/mol. The first-order chi connectivity index (χ1) is 9.67. The molecule has 3 N–H and O–H groups in total. The maximum Gasteiger partial charge on any atom is 0.255 e. The number of hydrogen-bond acceptors (Lipinski definition) is 6. The lowest BCUT2D eigenvalue weighted by Gasteiger charge is -2.11. The fourth-order valence-corrected chi connectivity index (χ4v) is 3.36. The van der Waals surface area contributed by atoms with E-state index in [4.69, 9.17) is 10.5 Å². The first kappa shape index (κ1) is 15.3. The third-order valence-corrected chi connectivity index (χ3v) is 4.67. The number of aromatic nitrogens is 2. The molecule has 1 aliphatic rings. The summed E-state index contributed by atoms with van der Waals surface area (Å²) in [7, 11) is 0. The van der Waals surface area contributed by atoms with Crippen molar-refractivity contribution in [2.24, 2.45) is 5.73 Å². The van der Waals surface area contributed by atoms with Crippen molar-refractivity contribution in [1.29, 1.82) is 0 Å². The molecule has 1 amide bonds. The minimum Gasteiger partial charge on any atom is -0.364 e. The molecular weight excluding hydrogens is 276 g/mol. The van der Waals surface area contributed by atoms with Gasteiger partial charge in [0.15, 0.2) is 0 Å². The van der Waals surface area contributed by atoms with Crippen LogP contribution in [0.3, 0.4) is 0 Å². The van der Waals surface area contributed by atoms with Gasteiger partial charge in [-0.25, -0.2) is 0 Å². The first-order valence-electron chi connectivity index (χ1n) is 7.17. The van der Waals surface area contributed by atoms with Gasteiger partial charge in [-0.05, 0) is 25.7 Å². The van der Waals surface area contributed by atoms with Crippen molar-refractivity contribution in [1.82, 2.24) is 10.2 Å². The second-order valence-electron chi connectivity index (χ2n) is 5.01. The number of carbonyl (C=O) groups is 1. The maximum absolute atomic E-state index is 12.1. The van der Waals surface area contributed by atoms with E-state index in [1.54, 1.807) is 0 Å². The molecule has 7 heteroatoms. The van der Waals surface area contributed by atoms with E-state index in [-0.39, 0.29) is 12.0 Å². The number of nitrogens with one attached hydrogen (secondary N) is 1. The number of amides is 1. The Kier molecular flexibility index (Phi) is 5.45. The van der Waals surface area contributed by atoms with Crippen molar-refractivity contribution in [3.8, 4) is 0 Å². The molecule has 2 atom stereocenters. The van der Waals surface area contributed by atoms with Gasteiger partial charge >= 0.3 is 0 Å². The van der Waals surface area contributed by atoms with Crippen LogP contribution < -0.4 is 11.1 Å². The molecule has 1 aromatic heterocycles. The smallest absolute Gasteiger partial charge is 0.255 e. The summed E-state index contributed by atoms with van der Waals surface area (Å²) in [6, 6.07) is 0. The molecule has 1 saturated heterocycles. The van der Waals surface area contributed by atoms with Crippen LogP contribution in [0.1, 0.15) is 50.5 Å². The molecule has 0 radical (unpaired) electrons. The molecule has 2 rings (SSSR count). The van der Waals surface area contributed by atoms with Gasteiger partial charge in [-0.1, -0.05) is 25.2 Å². The molecule has 20 heavy (non-hydrogen) atoms. The Hall–Kier alpha value is -1.05. The molecule has 112 valence electrons. The van der Waals surface area contributed by atoms with E-state index in [0.717, 1.165) is 24.3 Å². The zero-order valence-corrected chi connectivity index (χ0v) is 12.8. The van der Waals surface area contributed by atoms with Crippen LogP contribution in [0.4, 0.5) is 5.13 Å². The Bertz CT molecular complexity index is 447. The molecule has 0 bridgehead atoms. The van der Waals surface area contributed by atoms with E-state index >= 15 is 0 Å². The van der Waals surface area contributed by atoms with Gasteiger partial charge in [-0.15, -0.1) is 10.2 Å². The molecule has 0 spiro atoms. The van der Waals surface area contributed by atoms with Crippen molar-refractivity contribution in [2.75, 3.05) is 11.9 Å². The molecule has 0 aliphatic carbocycles. The standard InChI is InChI=1S/C13H22N4O2S/c1-3-8(4-2)12-16-17-13(20-12)15-11(18)10-6-5-9(7-14)19-10/h8-10H,3-7,14H2,1-2H3,(H,15,17,18)/t9-,10+/m1/s1. The summed E-state index contributed by atoms with van der Waals surface area (Å²) in [5.41, 5.74) is 5.54. The predicted octanol–water partition coefficient (Wildman–Crippen LogP) is 1.89. The summed E-state index contributed by atoms with van der Waals surface area (Å²) < 4.78 is 5.56. The Morgan fingerprint density at radius 2 is 2.20 bits per heavy atom. The molecule has 1 aromatic rings. The highest BCUT2D eigenvalue weighted by molar-refractivity contribution is 7.15. The minimum absolute atomic E-state index is 0.000272. The fourth-order valence-electron chi connectivity index (χ4n) is 2.35. The second kappa shape index (κ2) is 7.10. The van der Waals surface area contributed by atoms with Crippen LogP contribution in [0.25, 0.3) is 0 Å². The highest BCUT2D eigenvalue weighted by Gasteiger charge is 2.30. The molecule has 0 saturated carbocycles. The topological polar surface area (TPSA) is 90.1 Å². The van der Waals surface area contributed by atoms with Gasteiger partial charge in [0.1, 0.15) is 11.1 Å². The summed E-state index contributed by atoms with van der Waals surface area (Å²) in [4.78, 5) is 12.1. The fraction of sp³-hybridized carbons (Fsp3) is 0.769. The molecule has 6 nitrogen and oxygen atoms in total. The predicted molar refractivity (Wildman–Crippen MR) is 78.8 cm³/mol. The zero-order chi connectivity index (χ0) is 14.5. The lowest BCUT2D eigenvalue weighted by molar-refractivity contribution is -0.126. The summed E-state index contributed by atoms with van der Waals surface area (Å²) in [5, 5.41) is 12.5. The largest absolute Gasteiger partial charge is 0.364 e. The monoisotopic (exact) mass is 298 g/mol. The average Bonchev–Trinajstić information content (AvgIpc) is 3.09. The van der Waals surface area contributed by atoms with E-state index in [0.29, 0.717) is 24.0 Å². The molecule has 1 aliphatic heterocycles. The number of nitrogens with two attached hydrogens (primary N) is 1. The summed E-state index contributed by atoms with van der Waals surface area (Å²) in [5.74, 6) is 0.274. The van der Waals surface area contributed by atoms with Gasteiger partial charge in [0.2, 0.25) is 5.13 Å². The number of anilines is 1. The van der Waals surface area contributed by atoms with E-state index in [2.05, 4.69) is 29.4 Å². The SMILES string of the molecule is CCC(CC)c1nnc(NC(=O)[C@@H]2CC[C@H](CN)O2)s1. The van der Waals surface area contributed by atoms with E-state index in [1.165, 1.54) is 11.3 Å². The normalized spacial score (nSPS) is 22.4. The highest BCUT2D eigenvalue weighted by Crippen LogP contribution is 2.28.